The van der Waals surface area contributed by atoms with Gasteiger partial charge in [0.2, 0.25) is 0 Å². The van der Waals surface area contributed by atoms with Crippen LogP contribution in [0.2, 0.25) is 0 Å². The highest BCUT2D eigenvalue weighted by Gasteiger charge is 2.25. The number of benzene rings is 2. The van der Waals surface area contributed by atoms with Gasteiger partial charge in [0, 0.05) is 17.2 Å². The van der Waals surface area contributed by atoms with Crippen molar-refractivity contribution in [3.63, 3.8) is 0 Å². The summed E-state index contributed by atoms with van der Waals surface area (Å²) in [7, 11) is 0. The highest BCUT2D eigenvalue weighted by Crippen LogP contribution is 2.27. The number of carbonyl (C=O) groups is 1. The smallest absolute Gasteiger partial charge is 0.252 e. The van der Waals surface area contributed by atoms with Crippen molar-refractivity contribution in [2.24, 2.45) is 0 Å². The fraction of sp³-hybridized carbons (Fsp3) is 0.200. The first-order valence-electron chi connectivity index (χ1n) is 8.27. The monoisotopic (exact) mass is 352 g/mol. The Hall–Kier alpha value is -2.40. The summed E-state index contributed by atoms with van der Waals surface area (Å²) >= 11 is 1.55. The third kappa shape index (κ3) is 3.82. The van der Waals surface area contributed by atoms with E-state index in [-0.39, 0.29) is 11.7 Å². The minimum absolute atomic E-state index is 0.0373. The molecule has 3 nitrogen and oxygen atoms in total. The fourth-order valence-corrected chi connectivity index (χ4v) is 3.51. The maximum Gasteiger partial charge on any atom is 0.252 e. The zero-order valence-electron chi connectivity index (χ0n) is 13.5. The normalized spacial score (nSPS) is 13.8. The van der Waals surface area contributed by atoms with Crippen LogP contribution in [0.3, 0.4) is 0 Å². The number of hydrogen-bond acceptors (Lipinski definition) is 3. The predicted molar refractivity (Wildman–Crippen MR) is 98.2 cm³/mol. The molecule has 1 fully saturated rings. The third-order valence-electron chi connectivity index (χ3n) is 4.15. The van der Waals surface area contributed by atoms with Gasteiger partial charge in [-0.1, -0.05) is 30.3 Å². The van der Waals surface area contributed by atoms with E-state index in [4.69, 9.17) is 0 Å². The van der Waals surface area contributed by atoms with Crippen LogP contribution in [-0.2, 0) is 5.75 Å². The van der Waals surface area contributed by atoms with Gasteiger partial charge in [-0.3, -0.25) is 4.79 Å². The molecule has 1 amide bonds. The van der Waals surface area contributed by atoms with Crippen molar-refractivity contribution >= 4 is 28.6 Å². The maximum absolute atomic E-state index is 13.0. The van der Waals surface area contributed by atoms with Crippen LogP contribution in [0.5, 0.6) is 0 Å². The van der Waals surface area contributed by atoms with Gasteiger partial charge in [0.15, 0.2) is 0 Å². The van der Waals surface area contributed by atoms with Crippen LogP contribution in [0, 0.1) is 5.82 Å². The number of fused-ring (bicyclic) bond motifs is 1. The number of pyridine rings is 1. The second-order valence-corrected chi connectivity index (χ2v) is 7.18. The van der Waals surface area contributed by atoms with E-state index in [9.17, 15) is 9.18 Å². The summed E-state index contributed by atoms with van der Waals surface area (Å²) in [5.74, 6) is 0.399. The molecule has 0 bridgehead atoms. The molecule has 1 aliphatic rings. The number of thioether (sulfide) groups is 1. The molecule has 5 heteroatoms. The largest absolute Gasteiger partial charge is 0.349 e. The van der Waals surface area contributed by atoms with Crippen molar-refractivity contribution in [1.82, 2.24) is 10.3 Å². The highest BCUT2D eigenvalue weighted by atomic mass is 32.2. The molecular weight excluding hydrogens is 335 g/mol. The lowest BCUT2D eigenvalue weighted by Gasteiger charge is -2.10. The van der Waals surface area contributed by atoms with E-state index >= 15 is 0 Å². The number of amides is 1. The molecule has 0 aliphatic heterocycles. The SMILES string of the molecule is O=C(NC1CC1)c1cc(SCc2ccc(F)cc2)nc2ccccc12. The van der Waals surface area contributed by atoms with Crippen LogP contribution < -0.4 is 5.32 Å². The molecule has 1 saturated carbocycles. The molecule has 0 spiro atoms. The zero-order chi connectivity index (χ0) is 17.2. The number of nitrogens with one attached hydrogen (secondary N) is 1. The number of nitrogens with zero attached hydrogens (tertiary/aromatic N) is 1. The van der Waals surface area contributed by atoms with Gasteiger partial charge >= 0.3 is 0 Å². The summed E-state index contributed by atoms with van der Waals surface area (Å²) in [5, 5.41) is 4.71. The summed E-state index contributed by atoms with van der Waals surface area (Å²) in [6.45, 7) is 0. The van der Waals surface area contributed by atoms with Gasteiger partial charge in [-0.25, -0.2) is 9.37 Å². The highest BCUT2D eigenvalue weighted by molar-refractivity contribution is 7.98. The van der Waals surface area contributed by atoms with Crippen molar-refractivity contribution in [3.8, 4) is 0 Å². The van der Waals surface area contributed by atoms with Gasteiger partial charge in [-0.2, -0.15) is 0 Å². The Labute approximate surface area is 149 Å². The van der Waals surface area contributed by atoms with Gasteiger partial charge in [0.1, 0.15) is 5.82 Å². The van der Waals surface area contributed by atoms with E-state index in [1.54, 1.807) is 23.9 Å². The average Bonchev–Trinajstić information content (AvgIpc) is 3.44. The summed E-state index contributed by atoms with van der Waals surface area (Å²) in [5.41, 5.74) is 2.50. The number of hydrogen-bond donors (Lipinski definition) is 1. The molecule has 4 rings (SSSR count). The van der Waals surface area contributed by atoms with Crippen LogP contribution in [0.4, 0.5) is 4.39 Å². The van der Waals surface area contributed by atoms with E-state index in [1.165, 1.54) is 12.1 Å². The third-order valence-corrected chi connectivity index (χ3v) is 5.13. The Balaban J connectivity index is 1.61. The topological polar surface area (TPSA) is 42.0 Å². The van der Waals surface area contributed by atoms with Crippen LogP contribution in [0.15, 0.2) is 59.6 Å². The second-order valence-electron chi connectivity index (χ2n) is 6.19. The second kappa shape index (κ2) is 6.84. The Morgan fingerprint density at radius 1 is 1.16 bits per heavy atom. The molecule has 25 heavy (non-hydrogen) atoms. The number of rotatable bonds is 5. The number of para-hydroxylation sites is 1. The van der Waals surface area contributed by atoms with Crippen molar-refractivity contribution in [2.45, 2.75) is 29.7 Å². The molecule has 1 aliphatic carbocycles. The van der Waals surface area contributed by atoms with Gasteiger partial charge in [0.05, 0.1) is 16.1 Å². The quantitative estimate of drug-likeness (QED) is 0.685. The Morgan fingerprint density at radius 3 is 2.68 bits per heavy atom. The predicted octanol–water partition coefficient (Wildman–Crippen LogP) is 4.56. The van der Waals surface area contributed by atoms with E-state index in [2.05, 4.69) is 10.3 Å². The fourth-order valence-electron chi connectivity index (χ4n) is 2.64. The summed E-state index contributed by atoms with van der Waals surface area (Å²) < 4.78 is 13.0. The number of aromatic nitrogens is 1. The first-order chi connectivity index (χ1) is 12.2. The molecule has 0 saturated heterocycles. The average molecular weight is 352 g/mol. The minimum atomic E-state index is -0.239. The maximum atomic E-state index is 13.0. The van der Waals surface area contributed by atoms with E-state index < -0.39 is 0 Å². The molecule has 1 heterocycles. The van der Waals surface area contributed by atoms with Gasteiger partial charge in [-0.05, 0) is 42.7 Å². The summed E-state index contributed by atoms with van der Waals surface area (Å²) in [6, 6.07) is 16.3. The van der Waals surface area contributed by atoms with E-state index in [0.29, 0.717) is 17.4 Å². The van der Waals surface area contributed by atoms with Gasteiger partial charge in [-0.15, -0.1) is 11.8 Å². The van der Waals surface area contributed by atoms with Crippen molar-refractivity contribution < 1.29 is 9.18 Å². The Kier molecular flexibility index (Phi) is 4.40. The van der Waals surface area contributed by atoms with Crippen LogP contribution in [-0.4, -0.2) is 16.9 Å². The molecule has 0 atom stereocenters. The Bertz CT molecular complexity index is 923. The summed E-state index contributed by atoms with van der Waals surface area (Å²) in [4.78, 5) is 17.2. The van der Waals surface area contributed by atoms with Crippen molar-refractivity contribution in [2.75, 3.05) is 0 Å². The molecule has 126 valence electrons. The van der Waals surface area contributed by atoms with Gasteiger partial charge in [0.25, 0.3) is 5.91 Å². The van der Waals surface area contributed by atoms with E-state index in [0.717, 1.165) is 34.3 Å². The van der Waals surface area contributed by atoms with Crippen molar-refractivity contribution in [1.29, 1.82) is 0 Å². The molecular formula is C20H17FN2OS. The van der Waals surface area contributed by atoms with Crippen LogP contribution in [0.25, 0.3) is 10.9 Å². The van der Waals surface area contributed by atoms with E-state index in [1.807, 2.05) is 30.3 Å². The lowest BCUT2D eigenvalue weighted by Crippen LogP contribution is -2.25. The summed E-state index contributed by atoms with van der Waals surface area (Å²) in [6.07, 6.45) is 2.11. The first-order valence-corrected chi connectivity index (χ1v) is 9.25. The lowest BCUT2D eigenvalue weighted by molar-refractivity contribution is 0.0952. The first kappa shape index (κ1) is 16.1. The van der Waals surface area contributed by atoms with Gasteiger partial charge < -0.3 is 5.32 Å². The van der Waals surface area contributed by atoms with Crippen LogP contribution in [0.1, 0.15) is 28.8 Å². The lowest BCUT2D eigenvalue weighted by atomic mass is 10.1. The number of carbonyl (C=O) groups excluding carboxylic acids is 1. The molecule has 1 N–H and O–H groups in total. The van der Waals surface area contributed by atoms with Crippen LogP contribution >= 0.6 is 11.8 Å². The minimum Gasteiger partial charge on any atom is -0.349 e. The molecule has 1 aromatic heterocycles. The van der Waals surface area contributed by atoms with Crippen molar-refractivity contribution in [3.05, 3.63) is 71.5 Å². The molecule has 3 aromatic rings. The molecule has 2 aromatic carbocycles. The Morgan fingerprint density at radius 2 is 1.92 bits per heavy atom. The zero-order valence-corrected chi connectivity index (χ0v) is 14.4. The molecule has 0 radical (unpaired) electrons. The molecule has 0 unspecified atom stereocenters. The standard InChI is InChI=1S/C20H17FN2OS/c21-14-7-5-13(6-8-14)12-25-19-11-17(20(24)22-15-9-10-15)16-3-1-2-4-18(16)23-19/h1-8,11,15H,9-10,12H2,(H,22,24). The number of halogens is 1.